The van der Waals surface area contributed by atoms with Crippen LogP contribution in [0.15, 0.2) is 61.1 Å². The van der Waals surface area contributed by atoms with Crippen LogP contribution in [0.4, 0.5) is 17.3 Å². The van der Waals surface area contributed by atoms with Gasteiger partial charge >= 0.3 is 0 Å². The molecule has 1 aromatic carbocycles. The van der Waals surface area contributed by atoms with Crippen LogP contribution in [0.25, 0.3) is 22.9 Å². The van der Waals surface area contributed by atoms with Crippen LogP contribution < -0.4 is 20.7 Å². The smallest absolute Gasteiger partial charge is 0.227 e. The maximum absolute atomic E-state index is 5.77. The van der Waals surface area contributed by atoms with Gasteiger partial charge in [0.1, 0.15) is 5.75 Å². The summed E-state index contributed by atoms with van der Waals surface area (Å²) in [7, 11) is 3.83. The Hall–Kier alpha value is -3.95. The van der Waals surface area contributed by atoms with Crippen LogP contribution in [0, 0.1) is 0 Å². The molecule has 0 saturated carbocycles. The number of nitrogens with zero attached hydrogens (tertiary/aromatic N) is 6. The Kier molecular flexibility index (Phi) is 6.60. The van der Waals surface area contributed by atoms with Gasteiger partial charge in [0.05, 0.1) is 30.2 Å². The first kappa shape index (κ1) is 22.8. The maximum atomic E-state index is 5.77. The van der Waals surface area contributed by atoms with Gasteiger partial charge in [-0.25, -0.2) is 14.5 Å². The van der Waals surface area contributed by atoms with Crippen molar-refractivity contribution in [1.82, 2.24) is 24.5 Å². The highest BCUT2D eigenvalue weighted by molar-refractivity contribution is 5.80. The van der Waals surface area contributed by atoms with Gasteiger partial charge in [0, 0.05) is 62.4 Å². The molecule has 0 bridgehead atoms. The number of nitrogens with one attached hydrogen (secondary N) is 1. The minimum absolute atomic E-state index is 0.474. The SMILES string of the molecule is COc1cc(N2CCN(C)CC2)c(C=CCN)cc1Nc1nccc(-c2cnn3ccccc23)n1. The number of anilines is 3. The summed E-state index contributed by atoms with van der Waals surface area (Å²) >= 11 is 0. The number of methoxy groups -OCH3 is 1. The number of hydrogen-bond donors (Lipinski definition) is 2. The Balaban J connectivity index is 1.49. The van der Waals surface area contributed by atoms with E-state index < -0.39 is 0 Å². The zero-order chi connectivity index (χ0) is 24.2. The van der Waals surface area contributed by atoms with Crippen LogP contribution in [0.5, 0.6) is 5.75 Å². The van der Waals surface area contributed by atoms with E-state index in [0.717, 1.165) is 65.6 Å². The molecule has 9 nitrogen and oxygen atoms in total. The molecule has 1 aliphatic heterocycles. The molecule has 0 spiro atoms. The second-order valence-corrected chi connectivity index (χ2v) is 8.52. The molecule has 3 N–H and O–H groups in total. The highest BCUT2D eigenvalue weighted by Crippen LogP contribution is 2.36. The predicted molar refractivity (Wildman–Crippen MR) is 140 cm³/mol. The third-order valence-corrected chi connectivity index (χ3v) is 6.23. The fourth-order valence-corrected chi connectivity index (χ4v) is 4.32. The summed E-state index contributed by atoms with van der Waals surface area (Å²) in [5, 5.41) is 7.79. The Bertz CT molecular complexity index is 1340. The zero-order valence-corrected chi connectivity index (χ0v) is 20.1. The first-order chi connectivity index (χ1) is 17.2. The second-order valence-electron chi connectivity index (χ2n) is 8.52. The van der Waals surface area contributed by atoms with E-state index in [1.165, 1.54) is 0 Å². The first-order valence-corrected chi connectivity index (χ1v) is 11.7. The van der Waals surface area contributed by atoms with Crippen molar-refractivity contribution in [2.45, 2.75) is 0 Å². The lowest BCUT2D eigenvalue weighted by Gasteiger charge is -2.35. The molecule has 4 heterocycles. The third-order valence-electron chi connectivity index (χ3n) is 6.23. The van der Waals surface area contributed by atoms with Gasteiger partial charge in [0.2, 0.25) is 5.95 Å². The molecular formula is C26H30N8O. The minimum atomic E-state index is 0.474. The Morgan fingerprint density at radius 3 is 2.80 bits per heavy atom. The average molecular weight is 471 g/mol. The van der Waals surface area contributed by atoms with Crippen molar-refractivity contribution < 1.29 is 4.74 Å². The number of hydrogen-bond acceptors (Lipinski definition) is 8. The summed E-state index contributed by atoms with van der Waals surface area (Å²) in [4.78, 5) is 14.0. The van der Waals surface area contributed by atoms with E-state index in [0.29, 0.717) is 12.5 Å². The molecule has 4 aromatic rings. The fraction of sp³-hybridized carbons (Fsp3) is 0.269. The largest absolute Gasteiger partial charge is 0.494 e. The Morgan fingerprint density at radius 2 is 2.00 bits per heavy atom. The summed E-state index contributed by atoms with van der Waals surface area (Å²) in [5.41, 5.74) is 11.5. The fourth-order valence-electron chi connectivity index (χ4n) is 4.32. The van der Waals surface area contributed by atoms with Gasteiger partial charge in [-0.15, -0.1) is 0 Å². The van der Waals surface area contributed by atoms with Crippen molar-refractivity contribution in [2.75, 3.05) is 57.1 Å². The minimum Gasteiger partial charge on any atom is -0.494 e. The van der Waals surface area contributed by atoms with Crippen molar-refractivity contribution in [1.29, 1.82) is 0 Å². The average Bonchev–Trinajstić information content (AvgIpc) is 3.32. The lowest BCUT2D eigenvalue weighted by Crippen LogP contribution is -2.44. The molecule has 0 aliphatic carbocycles. The van der Waals surface area contributed by atoms with Crippen LogP contribution in [-0.2, 0) is 0 Å². The summed E-state index contributed by atoms with van der Waals surface area (Å²) in [6.45, 7) is 4.43. The molecule has 180 valence electrons. The summed E-state index contributed by atoms with van der Waals surface area (Å²) in [6, 6.07) is 12.0. The van der Waals surface area contributed by atoms with E-state index in [1.807, 2.05) is 47.3 Å². The number of benzene rings is 1. The van der Waals surface area contributed by atoms with E-state index in [4.69, 9.17) is 15.5 Å². The molecule has 1 fully saturated rings. The van der Waals surface area contributed by atoms with Crippen LogP contribution in [0.3, 0.4) is 0 Å². The number of fused-ring (bicyclic) bond motifs is 1. The number of likely N-dealkylation sites (N-methyl/N-ethyl adjacent to an activating group) is 1. The van der Waals surface area contributed by atoms with Gasteiger partial charge < -0.3 is 25.6 Å². The number of piperazine rings is 1. The number of aromatic nitrogens is 4. The quantitative estimate of drug-likeness (QED) is 0.425. The molecule has 0 atom stereocenters. The van der Waals surface area contributed by atoms with Gasteiger partial charge in [0.25, 0.3) is 0 Å². The number of rotatable bonds is 7. The number of nitrogens with two attached hydrogens (primary N) is 1. The van der Waals surface area contributed by atoms with Gasteiger partial charge in [-0.1, -0.05) is 18.2 Å². The summed E-state index contributed by atoms with van der Waals surface area (Å²) < 4.78 is 7.61. The molecular weight excluding hydrogens is 440 g/mol. The van der Waals surface area contributed by atoms with Crippen LogP contribution in [-0.4, -0.2) is 71.4 Å². The van der Waals surface area contributed by atoms with Crippen molar-refractivity contribution in [3.8, 4) is 17.0 Å². The Morgan fingerprint density at radius 1 is 1.14 bits per heavy atom. The second kappa shape index (κ2) is 10.1. The topological polar surface area (TPSA) is 96.8 Å². The molecule has 0 unspecified atom stereocenters. The molecule has 35 heavy (non-hydrogen) atoms. The third kappa shape index (κ3) is 4.82. The molecule has 5 rings (SSSR count). The zero-order valence-electron chi connectivity index (χ0n) is 20.1. The summed E-state index contributed by atoms with van der Waals surface area (Å²) in [5.74, 6) is 1.21. The van der Waals surface area contributed by atoms with Gasteiger partial charge in [-0.3, -0.25) is 0 Å². The van der Waals surface area contributed by atoms with Crippen molar-refractivity contribution >= 4 is 28.9 Å². The number of pyridine rings is 1. The van der Waals surface area contributed by atoms with E-state index in [1.54, 1.807) is 13.3 Å². The highest BCUT2D eigenvalue weighted by atomic mass is 16.5. The van der Waals surface area contributed by atoms with Crippen molar-refractivity contribution in [3.05, 3.63) is 66.6 Å². The van der Waals surface area contributed by atoms with Gasteiger partial charge in [0.15, 0.2) is 0 Å². The molecule has 3 aromatic heterocycles. The van der Waals surface area contributed by atoms with E-state index in [2.05, 4.69) is 50.5 Å². The summed E-state index contributed by atoms with van der Waals surface area (Å²) in [6.07, 6.45) is 9.52. The first-order valence-electron chi connectivity index (χ1n) is 11.7. The van der Waals surface area contributed by atoms with Crippen LogP contribution in [0.2, 0.25) is 0 Å². The maximum Gasteiger partial charge on any atom is 0.227 e. The normalized spacial score (nSPS) is 14.7. The monoisotopic (exact) mass is 470 g/mol. The van der Waals surface area contributed by atoms with E-state index in [-0.39, 0.29) is 0 Å². The molecule has 1 saturated heterocycles. The van der Waals surface area contributed by atoms with Gasteiger partial charge in [-0.2, -0.15) is 5.10 Å². The van der Waals surface area contributed by atoms with E-state index in [9.17, 15) is 0 Å². The van der Waals surface area contributed by atoms with Crippen molar-refractivity contribution in [3.63, 3.8) is 0 Å². The predicted octanol–water partition coefficient (Wildman–Crippen LogP) is 3.27. The highest BCUT2D eigenvalue weighted by Gasteiger charge is 2.19. The molecule has 1 aliphatic rings. The number of ether oxygens (including phenoxy) is 1. The molecule has 0 amide bonds. The lowest BCUT2D eigenvalue weighted by atomic mass is 10.1. The Labute approximate surface area is 204 Å². The standard InChI is InChI=1S/C26H30N8O/c1-32-12-14-33(15-13-32)24-17-25(35-2)22(16-19(24)6-5-9-27)31-26-28-10-8-21(30-26)20-18-29-34-11-4-3-7-23(20)34/h3-8,10-11,16-18H,9,12-15,27H2,1-2H3,(H,28,30,31). The molecule has 0 radical (unpaired) electrons. The molecule has 9 heteroatoms. The van der Waals surface area contributed by atoms with E-state index >= 15 is 0 Å². The van der Waals surface area contributed by atoms with Gasteiger partial charge in [-0.05, 0) is 36.9 Å². The van der Waals surface area contributed by atoms with Crippen LogP contribution >= 0.6 is 0 Å². The van der Waals surface area contributed by atoms with Crippen molar-refractivity contribution in [2.24, 2.45) is 5.73 Å². The van der Waals surface area contributed by atoms with Crippen LogP contribution in [0.1, 0.15) is 5.56 Å². The lowest BCUT2D eigenvalue weighted by molar-refractivity contribution is 0.312.